The van der Waals surface area contributed by atoms with E-state index in [1.165, 1.54) is 6.42 Å². The smallest absolute Gasteiger partial charge is 0.239 e. The summed E-state index contributed by atoms with van der Waals surface area (Å²) in [5.41, 5.74) is 0. The van der Waals surface area contributed by atoms with E-state index in [0.29, 0.717) is 26.1 Å². The van der Waals surface area contributed by atoms with Crippen LogP contribution in [-0.2, 0) is 14.3 Å². The van der Waals surface area contributed by atoms with Gasteiger partial charge >= 0.3 is 0 Å². The molecule has 1 fully saturated rings. The van der Waals surface area contributed by atoms with Gasteiger partial charge in [-0.25, -0.2) is 0 Å². The third kappa shape index (κ3) is 6.34. The van der Waals surface area contributed by atoms with Crippen molar-refractivity contribution >= 4 is 11.8 Å². The van der Waals surface area contributed by atoms with Gasteiger partial charge in [-0.3, -0.25) is 9.59 Å². The molecule has 1 saturated heterocycles. The zero-order valence-corrected chi connectivity index (χ0v) is 12.6. The van der Waals surface area contributed by atoms with Gasteiger partial charge in [0, 0.05) is 39.7 Å². The molecule has 20 heavy (non-hydrogen) atoms. The molecule has 0 spiro atoms. The molecule has 6 nitrogen and oxygen atoms in total. The maximum absolute atomic E-state index is 12.1. The normalized spacial score (nSPS) is 16.8. The molecule has 0 aromatic heterocycles. The SMILES string of the molecule is COCCNC(=O)CCNC(C)C(=O)N1CCCCC1. The monoisotopic (exact) mass is 285 g/mol. The molecule has 1 rings (SSSR count). The number of likely N-dealkylation sites (tertiary alicyclic amines) is 1. The van der Waals surface area contributed by atoms with E-state index in [1.54, 1.807) is 7.11 Å². The minimum absolute atomic E-state index is 0.0211. The zero-order chi connectivity index (χ0) is 14.8. The Hall–Kier alpha value is -1.14. The number of nitrogens with zero attached hydrogens (tertiary/aromatic N) is 1. The topological polar surface area (TPSA) is 70.7 Å². The molecule has 1 aliphatic rings. The van der Waals surface area contributed by atoms with Crippen molar-refractivity contribution in [2.45, 2.75) is 38.6 Å². The number of carbonyl (C=O) groups is 2. The summed E-state index contributed by atoms with van der Waals surface area (Å²) in [5, 5.41) is 5.87. The van der Waals surface area contributed by atoms with Crippen molar-refractivity contribution in [1.29, 1.82) is 0 Å². The maximum atomic E-state index is 12.1. The highest BCUT2D eigenvalue weighted by Crippen LogP contribution is 2.09. The Morgan fingerprint density at radius 3 is 2.55 bits per heavy atom. The molecule has 116 valence electrons. The van der Waals surface area contributed by atoms with Crippen molar-refractivity contribution in [2.75, 3.05) is 39.9 Å². The van der Waals surface area contributed by atoms with Crippen LogP contribution in [0, 0.1) is 0 Å². The first kappa shape index (κ1) is 16.9. The van der Waals surface area contributed by atoms with E-state index in [9.17, 15) is 9.59 Å². The fourth-order valence-corrected chi connectivity index (χ4v) is 2.26. The summed E-state index contributed by atoms with van der Waals surface area (Å²) in [5.74, 6) is 0.122. The van der Waals surface area contributed by atoms with Crippen LogP contribution in [0.3, 0.4) is 0 Å². The van der Waals surface area contributed by atoms with Gasteiger partial charge in [0.05, 0.1) is 12.6 Å². The Labute approximate surface area is 121 Å². The van der Waals surface area contributed by atoms with Gasteiger partial charge in [0.1, 0.15) is 0 Å². The van der Waals surface area contributed by atoms with E-state index in [0.717, 1.165) is 25.9 Å². The number of amides is 2. The van der Waals surface area contributed by atoms with Crippen LogP contribution in [0.2, 0.25) is 0 Å². The van der Waals surface area contributed by atoms with Crippen molar-refractivity contribution < 1.29 is 14.3 Å². The van der Waals surface area contributed by atoms with Crippen LogP contribution in [0.25, 0.3) is 0 Å². The van der Waals surface area contributed by atoms with Crippen molar-refractivity contribution in [3.63, 3.8) is 0 Å². The van der Waals surface area contributed by atoms with Crippen LogP contribution in [0.1, 0.15) is 32.6 Å². The van der Waals surface area contributed by atoms with E-state index in [4.69, 9.17) is 4.74 Å². The van der Waals surface area contributed by atoms with Crippen molar-refractivity contribution in [2.24, 2.45) is 0 Å². The Kier molecular flexibility index (Phi) is 8.22. The van der Waals surface area contributed by atoms with Crippen molar-refractivity contribution in [1.82, 2.24) is 15.5 Å². The largest absolute Gasteiger partial charge is 0.383 e. The molecule has 0 aliphatic carbocycles. The summed E-state index contributed by atoms with van der Waals surface area (Å²) < 4.78 is 4.85. The lowest BCUT2D eigenvalue weighted by molar-refractivity contribution is -0.134. The van der Waals surface area contributed by atoms with Crippen LogP contribution in [0.15, 0.2) is 0 Å². The molecule has 1 heterocycles. The first-order valence-corrected chi connectivity index (χ1v) is 7.43. The van der Waals surface area contributed by atoms with E-state index in [2.05, 4.69) is 10.6 Å². The summed E-state index contributed by atoms with van der Waals surface area (Å²) in [7, 11) is 1.60. The number of nitrogens with one attached hydrogen (secondary N) is 2. The molecule has 0 aromatic carbocycles. The molecule has 1 unspecified atom stereocenters. The number of ether oxygens (including phenoxy) is 1. The second-order valence-corrected chi connectivity index (χ2v) is 5.15. The van der Waals surface area contributed by atoms with Gasteiger partial charge in [0.2, 0.25) is 11.8 Å². The van der Waals surface area contributed by atoms with Gasteiger partial charge in [0.15, 0.2) is 0 Å². The first-order valence-electron chi connectivity index (χ1n) is 7.43. The highest BCUT2D eigenvalue weighted by Gasteiger charge is 2.21. The van der Waals surface area contributed by atoms with Crippen LogP contribution < -0.4 is 10.6 Å². The lowest BCUT2D eigenvalue weighted by atomic mass is 10.1. The first-order chi connectivity index (χ1) is 9.65. The van der Waals surface area contributed by atoms with Crippen molar-refractivity contribution in [3.8, 4) is 0 Å². The van der Waals surface area contributed by atoms with E-state index >= 15 is 0 Å². The summed E-state index contributed by atoms with van der Waals surface area (Å²) in [6.07, 6.45) is 3.79. The minimum Gasteiger partial charge on any atom is -0.383 e. The number of piperidine rings is 1. The lowest BCUT2D eigenvalue weighted by Gasteiger charge is -2.29. The van der Waals surface area contributed by atoms with Gasteiger partial charge in [-0.05, 0) is 26.2 Å². The molecule has 0 bridgehead atoms. The molecule has 6 heteroatoms. The van der Waals surface area contributed by atoms with E-state index in [1.807, 2.05) is 11.8 Å². The van der Waals surface area contributed by atoms with Crippen LogP contribution >= 0.6 is 0 Å². The average Bonchev–Trinajstić information content (AvgIpc) is 2.47. The molecular formula is C14H27N3O3. The second-order valence-electron chi connectivity index (χ2n) is 5.15. The summed E-state index contributed by atoms with van der Waals surface area (Å²) in [4.78, 5) is 25.5. The predicted octanol–water partition coefficient (Wildman–Crippen LogP) is 0.130. The number of hydrogen-bond donors (Lipinski definition) is 2. The standard InChI is InChI=1S/C14H27N3O3/c1-12(14(19)17-9-4-3-5-10-17)15-7-6-13(18)16-8-11-20-2/h12,15H,3-11H2,1-2H3,(H,16,18). The molecular weight excluding hydrogens is 258 g/mol. The molecule has 1 atom stereocenters. The van der Waals surface area contributed by atoms with E-state index < -0.39 is 0 Å². The third-order valence-electron chi connectivity index (χ3n) is 3.47. The summed E-state index contributed by atoms with van der Waals surface area (Å²) in [6, 6.07) is -0.222. The summed E-state index contributed by atoms with van der Waals surface area (Å²) >= 11 is 0. The van der Waals surface area contributed by atoms with Crippen LogP contribution in [0.4, 0.5) is 0 Å². The third-order valence-corrected chi connectivity index (χ3v) is 3.47. The van der Waals surface area contributed by atoms with Gasteiger partial charge in [-0.1, -0.05) is 0 Å². The Balaban J connectivity index is 2.13. The van der Waals surface area contributed by atoms with Gasteiger partial charge in [-0.2, -0.15) is 0 Å². The average molecular weight is 285 g/mol. The minimum atomic E-state index is -0.222. The second kappa shape index (κ2) is 9.72. The Bertz CT molecular complexity index is 304. The van der Waals surface area contributed by atoms with Crippen LogP contribution in [-0.4, -0.2) is 62.7 Å². The predicted molar refractivity (Wildman–Crippen MR) is 77.4 cm³/mol. The maximum Gasteiger partial charge on any atom is 0.239 e. The van der Waals surface area contributed by atoms with Gasteiger partial charge in [0.25, 0.3) is 0 Å². The number of hydrogen-bond acceptors (Lipinski definition) is 4. The summed E-state index contributed by atoms with van der Waals surface area (Å²) in [6.45, 7) is 5.14. The molecule has 0 aromatic rings. The molecule has 0 saturated carbocycles. The van der Waals surface area contributed by atoms with Crippen LogP contribution in [0.5, 0.6) is 0 Å². The zero-order valence-electron chi connectivity index (χ0n) is 12.6. The highest BCUT2D eigenvalue weighted by atomic mass is 16.5. The number of methoxy groups -OCH3 is 1. The van der Waals surface area contributed by atoms with Crippen molar-refractivity contribution in [3.05, 3.63) is 0 Å². The lowest BCUT2D eigenvalue weighted by Crippen LogP contribution is -2.47. The van der Waals surface area contributed by atoms with Gasteiger partial charge in [-0.15, -0.1) is 0 Å². The fourth-order valence-electron chi connectivity index (χ4n) is 2.26. The molecule has 2 N–H and O–H groups in total. The Morgan fingerprint density at radius 1 is 1.20 bits per heavy atom. The number of carbonyl (C=O) groups excluding carboxylic acids is 2. The number of rotatable bonds is 8. The quantitative estimate of drug-likeness (QED) is 0.622. The molecule has 1 aliphatic heterocycles. The fraction of sp³-hybridized carbons (Fsp3) is 0.857. The molecule has 0 radical (unpaired) electrons. The van der Waals surface area contributed by atoms with E-state index in [-0.39, 0.29) is 17.9 Å². The van der Waals surface area contributed by atoms with Gasteiger partial charge < -0.3 is 20.3 Å². The molecule has 2 amide bonds. The highest BCUT2D eigenvalue weighted by molar-refractivity contribution is 5.81. The Morgan fingerprint density at radius 2 is 1.90 bits per heavy atom.